The number of hydrogen-bond donors (Lipinski definition) is 4. The summed E-state index contributed by atoms with van der Waals surface area (Å²) >= 11 is 19.1. The molecule has 0 atom stereocenters. The maximum absolute atomic E-state index is 13.3. The summed E-state index contributed by atoms with van der Waals surface area (Å²) in [5.41, 5.74) is 1.97. The predicted octanol–water partition coefficient (Wildman–Crippen LogP) is 9.39. The minimum atomic E-state index is -0.548. The molecule has 0 saturated carbocycles. The number of aromatic hydroxyl groups is 4. The molecule has 5 aromatic carbocycles. The molecule has 14 nitrogen and oxygen atoms in total. The number of fused-ring (bicyclic) bond motifs is 4. The van der Waals surface area contributed by atoms with Crippen molar-refractivity contribution >= 4 is 89.5 Å². The third-order valence-corrected chi connectivity index (χ3v) is 10.9. The zero-order valence-electron chi connectivity index (χ0n) is 37.6. The monoisotopic (exact) mass is 1000 g/mol. The molecule has 68 heavy (non-hydrogen) atoms. The second-order valence-electron chi connectivity index (χ2n) is 15.0. The molecule has 4 aromatic heterocycles. The van der Waals surface area contributed by atoms with Crippen LogP contribution in [0.3, 0.4) is 0 Å². The maximum Gasteiger partial charge on any atom is 0.261 e. The summed E-state index contributed by atoms with van der Waals surface area (Å²) in [6, 6.07) is 23.0. The maximum atomic E-state index is 13.3. The van der Waals surface area contributed by atoms with E-state index < -0.39 is 22.2 Å². The quantitative estimate of drug-likeness (QED) is 0.115. The van der Waals surface area contributed by atoms with Gasteiger partial charge in [-0.15, -0.1) is 46.4 Å². The van der Waals surface area contributed by atoms with Crippen molar-refractivity contribution < 1.29 is 29.9 Å². The van der Waals surface area contributed by atoms with E-state index >= 15 is 0 Å². The molecule has 354 valence electrons. The number of methoxy groups -OCH3 is 2. The molecule has 4 N–H and O–H groups in total. The summed E-state index contributed by atoms with van der Waals surface area (Å²) in [5, 5.41) is 41.0. The van der Waals surface area contributed by atoms with Crippen molar-refractivity contribution in [1.29, 1.82) is 0 Å². The molecular weight excluding hydrogens is 958 g/mol. The molecule has 0 saturated heterocycles. The molecule has 0 fully saturated rings. The van der Waals surface area contributed by atoms with Crippen LogP contribution in [0.2, 0.25) is 0 Å². The number of halogens is 4. The first-order valence-electron chi connectivity index (χ1n) is 20.4. The number of phenols is 4. The Hall–Kier alpha value is -6.84. The zero-order chi connectivity index (χ0) is 50.0. The van der Waals surface area contributed by atoms with Crippen LogP contribution >= 0.6 is 46.4 Å². The van der Waals surface area contributed by atoms with Gasteiger partial charge in [0.05, 0.1) is 70.9 Å². The molecular formula is C50H46Cl4N4O10. The van der Waals surface area contributed by atoms with E-state index in [0.717, 1.165) is 42.2 Å². The van der Waals surface area contributed by atoms with E-state index in [4.69, 9.17) is 66.1 Å². The average Bonchev–Trinajstić information content (AvgIpc) is 3.68. The van der Waals surface area contributed by atoms with Gasteiger partial charge in [-0.25, -0.2) is 0 Å². The van der Waals surface area contributed by atoms with Crippen molar-refractivity contribution in [2.75, 3.05) is 24.9 Å². The first-order valence-corrected chi connectivity index (χ1v) is 22.5. The highest BCUT2D eigenvalue weighted by Gasteiger charge is 2.22. The summed E-state index contributed by atoms with van der Waals surface area (Å²) < 4.78 is 13.0. The van der Waals surface area contributed by atoms with Gasteiger partial charge in [-0.05, 0) is 87.0 Å². The lowest BCUT2D eigenvalue weighted by molar-refractivity contribution is 0.406. The summed E-state index contributed by atoms with van der Waals surface area (Å²) in [7, 11) is 3.10. The molecule has 0 spiro atoms. The number of aryl methyl sites for hydroxylation is 2. The van der Waals surface area contributed by atoms with Crippen molar-refractivity contribution in [2.45, 2.75) is 40.8 Å². The molecule has 9 aromatic rings. The van der Waals surface area contributed by atoms with Crippen LogP contribution in [0, 0.1) is 27.7 Å². The number of ether oxygens (including phenoxy) is 2. The van der Waals surface area contributed by atoms with Crippen LogP contribution < -0.4 is 31.7 Å². The van der Waals surface area contributed by atoms with Crippen LogP contribution in [-0.2, 0) is 13.1 Å². The Balaban J connectivity index is 0.000000231. The fraction of sp³-hybridized carbons (Fsp3) is 0.200. The lowest BCUT2D eigenvalue weighted by Gasteiger charge is -2.12. The summed E-state index contributed by atoms with van der Waals surface area (Å²) in [6.07, 6.45) is 3.25. The molecule has 4 heterocycles. The van der Waals surface area contributed by atoms with Crippen LogP contribution in [0.1, 0.15) is 33.6 Å². The second-order valence-corrected chi connectivity index (χ2v) is 16.6. The molecule has 0 aliphatic rings. The fourth-order valence-corrected chi connectivity index (χ4v) is 7.61. The second kappa shape index (κ2) is 23.3. The Morgan fingerprint density at radius 2 is 0.809 bits per heavy atom. The zero-order valence-corrected chi connectivity index (χ0v) is 40.6. The first kappa shape index (κ1) is 52.1. The minimum Gasteiger partial charge on any atom is -0.508 e. The van der Waals surface area contributed by atoms with Crippen molar-refractivity contribution in [3.63, 3.8) is 0 Å². The van der Waals surface area contributed by atoms with Crippen molar-refractivity contribution in [2.24, 2.45) is 0 Å². The number of pyridine rings is 2. The molecule has 0 unspecified atom stereocenters. The van der Waals surface area contributed by atoms with Gasteiger partial charge in [0.2, 0.25) is 0 Å². The van der Waals surface area contributed by atoms with Gasteiger partial charge in [-0.3, -0.25) is 38.3 Å². The highest BCUT2D eigenvalue weighted by molar-refractivity contribution is 6.41. The highest BCUT2D eigenvalue weighted by atomic mass is 35.5. The van der Waals surface area contributed by atoms with Crippen LogP contribution in [0.5, 0.6) is 34.5 Å². The summed E-state index contributed by atoms with van der Waals surface area (Å²) in [5.74, 6) is 2.01. The lowest BCUT2D eigenvalue weighted by atomic mass is 10.1. The number of alkyl halides is 4. The van der Waals surface area contributed by atoms with E-state index in [1.165, 1.54) is 12.1 Å². The third kappa shape index (κ3) is 11.3. The average molecular weight is 1000 g/mol. The normalized spacial score (nSPS) is 10.6. The van der Waals surface area contributed by atoms with Crippen LogP contribution in [-0.4, -0.2) is 64.4 Å². The van der Waals surface area contributed by atoms with E-state index in [-0.39, 0.29) is 68.3 Å². The van der Waals surface area contributed by atoms with Gasteiger partial charge >= 0.3 is 0 Å². The minimum absolute atomic E-state index is 0.0618. The molecule has 0 radical (unpaired) electrons. The number of hydrogen-bond acceptors (Lipinski definition) is 12. The predicted molar refractivity (Wildman–Crippen MR) is 271 cm³/mol. The van der Waals surface area contributed by atoms with E-state index in [1.807, 2.05) is 39.8 Å². The Morgan fingerprint density at radius 1 is 0.485 bits per heavy atom. The lowest BCUT2D eigenvalue weighted by Crippen LogP contribution is -2.27. The van der Waals surface area contributed by atoms with Gasteiger partial charge in [0.15, 0.2) is 0 Å². The fourth-order valence-electron chi connectivity index (χ4n) is 7.61. The van der Waals surface area contributed by atoms with E-state index in [1.54, 1.807) is 87.3 Å². The number of phenolic OH excluding ortho intramolecular Hbond substituents is 4. The van der Waals surface area contributed by atoms with Gasteiger partial charge in [0, 0.05) is 45.4 Å². The van der Waals surface area contributed by atoms with E-state index in [9.17, 15) is 29.4 Å². The third-order valence-electron chi connectivity index (χ3n) is 10.9. The Bertz CT molecular complexity index is 3170. The number of aromatic nitrogens is 4. The topological polar surface area (TPSA) is 203 Å². The first-order chi connectivity index (χ1) is 32.5. The van der Waals surface area contributed by atoms with Crippen LogP contribution in [0.4, 0.5) is 0 Å². The SMILES string of the molecule is COc1c(C)cnc(Cn2c(=O)c3cc4c(=O)n(Cc5ncc(C)c(OC)c5C)c(=O)c4cc3c2=O)c1C.ClCCl.ClCCl.Oc1ccc2cccc(O)c2c1.Oc1ccc2cccc(O)c2c1. The van der Waals surface area contributed by atoms with E-state index in [0.29, 0.717) is 33.7 Å². The molecule has 18 heteroatoms. The van der Waals surface area contributed by atoms with Gasteiger partial charge in [-0.2, -0.15) is 0 Å². The van der Waals surface area contributed by atoms with Crippen molar-refractivity contribution in [3.8, 4) is 34.5 Å². The van der Waals surface area contributed by atoms with E-state index in [2.05, 4.69) is 9.97 Å². The highest BCUT2D eigenvalue weighted by Crippen LogP contribution is 2.29. The largest absolute Gasteiger partial charge is 0.508 e. The number of benzene rings is 5. The van der Waals surface area contributed by atoms with Gasteiger partial charge in [0.1, 0.15) is 34.5 Å². The molecule has 0 bridgehead atoms. The Kier molecular flexibility index (Phi) is 17.8. The van der Waals surface area contributed by atoms with Crippen molar-refractivity contribution in [3.05, 3.63) is 172 Å². The van der Waals surface area contributed by atoms with Gasteiger partial charge in [0.25, 0.3) is 22.2 Å². The Morgan fingerprint density at radius 3 is 1.12 bits per heavy atom. The van der Waals surface area contributed by atoms with Gasteiger partial charge < -0.3 is 29.9 Å². The van der Waals surface area contributed by atoms with Crippen LogP contribution in [0.25, 0.3) is 43.1 Å². The number of nitrogens with zero attached hydrogens (tertiary/aromatic N) is 4. The molecule has 0 aliphatic carbocycles. The standard InChI is InChI=1S/C28H26N4O6.2C10H8O2.2CH2Cl2/c1-13-9-29-21(15(3)23(13)37-5)11-31-25(33)17-7-19-20(8-18(17)26(31)34)28(36)32(27(19)35)12-22-16(4)24(38-6)14(2)10-30-22;2*11-8-5-4-7-2-1-3-10(12)9(7)6-8;2*2-1-3/h7-10H,11-12H2,1-6H3;2*1-6,11-12H;2*1H2. The Labute approximate surface area is 409 Å². The summed E-state index contributed by atoms with van der Waals surface area (Å²) in [6.45, 7) is 7.22. The van der Waals surface area contributed by atoms with Gasteiger partial charge in [-0.1, -0.05) is 36.4 Å². The summed E-state index contributed by atoms with van der Waals surface area (Å²) in [4.78, 5) is 61.8. The smallest absolute Gasteiger partial charge is 0.261 e. The van der Waals surface area contributed by atoms with Crippen molar-refractivity contribution in [1.82, 2.24) is 19.1 Å². The molecule has 0 amide bonds. The molecule has 0 aliphatic heterocycles. The molecule has 9 rings (SSSR count). The van der Waals surface area contributed by atoms with Crippen LogP contribution in [0.15, 0.2) is 117 Å². The number of rotatable bonds is 6.